The van der Waals surface area contributed by atoms with Crippen molar-refractivity contribution >= 4 is 22.7 Å². The van der Waals surface area contributed by atoms with Crippen molar-refractivity contribution in [3.63, 3.8) is 0 Å². The van der Waals surface area contributed by atoms with Crippen LogP contribution in [0, 0.1) is 11.6 Å². The van der Waals surface area contributed by atoms with Crippen LogP contribution >= 0.6 is 0 Å². The molecule has 0 amide bonds. The van der Waals surface area contributed by atoms with Gasteiger partial charge in [-0.05, 0) is 25.0 Å². The molecule has 0 fully saturated rings. The highest BCUT2D eigenvalue weighted by molar-refractivity contribution is 5.89. The largest absolute Gasteiger partial charge is 0.480 e. The summed E-state index contributed by atoms with van der Waals surface area (Å²) in [7, 11) is 1.55. The molecule has 0 atom stereocenters. The van der Waals surface area contributed by atoms with E-state index in [2.05, 4.69) is 11.9 Å². The quantitative estimate of drug-likeness (QED) is 0.404. The van der Waals surface area contributed by atoms with E-state index in [9.17, 15) is 9.18 Å². The van der Waals surface area contributed by atoms with Gasteiger partial charge in [-0.25, -0.2) is 13.8 Å². The molecule has 2 aromatic carbocycles. The number of hydrogen-bond donors (Lipinski definition) is 1. The second-order valence-electron chi connectivity index (χ2n) is 7.50. The Morgan fingerprint density at radius 1 is 1.13 bits per heavy atom. The molecule has 164 valence electrons. The molecule has 0 aliphatic carbocycles. The van der Waals surface area contributed by atoms with Gasteiger partial charge in [0.05, 0.1) is 10.9 Å². The molecule has 0 aliphatic rings. The van der Waals surface area contributed by atoms with Crippen LogP contribution in [0.25, 0.3) is 10.9 Å². The summed E-state index contributed by atoms with van der Waals surface area (Å²) >= 11 is 0. The third kappa shape index (κ3) is 5.48. The number of nitrogens with zero attached hydrogens (tertiary/aromatic N) is 2. The fraction of sp³-hybridized carbons (Fsp3) is 0.333. The molecule has 5 nitrogen and oxygen atoms in total. The molecule has 1 N–H and O–H groups in total. The molecule has 0 spiro atoms. The Balaban J connectivity index is 2.10. The van der Waals surface area contributed by atoms with E-state index in [0.29, 0.717) is 18.6 Å². The highest BCUT2D eigenvalue weighted by Crippen LogP contribution is 2.36. The number of carbonyl (C=O) groups is 1. The summed E-state index contributed by atoms with van der Waals surface area (Å²) < 4.78 is 36.2. The van der Waals surface area contributed by atoms with E-state index in [1.54, 1.807) is 31.3 Å². The number of pyridine rings is 1. The van der Waals surface area contributed by atoms with Crippen molar-refractivity contribution in [1.29, 1.82) is 0 Å². The number of hydrogen-bond acceptors (Lipinski definition) is 4. The van der Waals surface area contributed by atoms with Gasteiger partial charge in [0.1, 0.15) is 35.5 Å². The predicted octanol–water partition coefficient (Wildman–Crippen LogP) is 5.95. The van der Waals surface area contributed by atoms with Crippen LogP contribution in [0.5, 0.6) is 11.5 Å². The Bertz CT molecular complexity index is 1060. The first-order valence-electron chi connectivity index (χ1n) is 10.4. The fourth-order valence-electron chi connectivity index (χ4n) is 3.45. The SMILES string of the molecule is CCCCCCc1c(F)cc2nc(N(C)CC(=O)O)cc(Oc3ccccc3)c2c1F. The zero-order valence-corrected chi connectivity index (χ0v) is 17.7. The Labute approximate surface area is 180 Å². The number of rotatable bonds is 10. The van der Waals surface area contributed by atoms with Crippen LogP contribution in [0.1, 0.15) is 38.2 Å². The topological polar surface area (TPSA) is 62.7 Å². The average molecular weight is 428 g/mol. The molecule has 3 aromatic rings. The van der Waals surface area contributed by atoms with Crippen molar-refractivity contribution < 1.29 is 23.4 Å². The lowest BCUT2D eigenvalue weighted by atomic mass is 10.0. The molecule has 0 aliphatic heterocycles. The average Bonchev–Trinajstić information content (AvgIpc) is 2.72. The summed E-state index contributed by atoms with van der Waals surface area (Å²) in [5.74, 6) is -1.49. The van der Waals surface area contributed by atoms with Crippen molar-refractivity contribution in [1.82, 2.24) is 4.98 Å². The van der Waals surface area contributed by atoms with Gasteiger partial charge in [0.2, 0.25) is 0 Å². The lowest BCUT2D eigenvalue weighted by Crippen LogP contribution is -2.26. The number of aromatic nitrogens is 1. The van der Waals surface area contributed by atoms with E-state index in [1.165, 1.54) is 17.0 Å². The van der Waals surface area contributed by atoms with Gasteiger partial charge in [-0.1, -0.05) is 44.4 Å². The first-order chi connectivity index (χ1) is 14.9. The maximum absolute atomic E-state index is 15.5. The molecule has 0 saturated carbocycles. The molecule has 3 rings (SSSR count). The fourth-order valence-corrected chi connectivity index (χ4v) is 3.45. The van der Waals surface area contributed by atoms with Crippen LogP contribution < -0.4 is 9.64 Å². The first-order valence-corrected chi connectivity index (χ1v) is 10.4. The minimum atomic E-state index is -1.05. The van der Waals surface area contributed by atoms with Crippen molar-refractivity contribution in [3.05, 3.63) is 59.7 Å². The number of aliphatic carboxylic acids is 1. The van der Waals surface area contributed by atoms with Gasteiger partial charge in [0.15, 0.2) is 0 Å². The van der Waals surface area contributed by atoms with Gasteiger partial charge in [-0.3, -0.25) is 4.79 Å². The monoisotopic (exact) mass is 428 g/mol. The number of para-hydroxylation sites is 1. The van der Waals surface area contributed by atoms with Crippen LogP contribution in [0.4, 0.5) is 14.6 Å². The second-order valence-corrected chi connectivity index (χ2v) is 7.50. The Kier molecular flexibility index (Phi) is 7.39. The van der Waals surface area contributed by atoms with Crippen LogP contribution in [0.2, 0.25) is 0 Å². The Hall–Kier alpha value is -3.22. The third-order valence-corrected chi connectivity index (χ3v) is 5.05. The Morgan fingerprint density at radius 3 is 2.55 bits per heavy atom. The maximum Gasteiger partial charge on any atom is 0.323 e. The summed E-state index contributed by atoms with van der Waals surface area (Å²) in [5.41, 5.74) is 0.0999. The third-order valence-electron chi connectivity index (χ3n) is 5.05. The van der Waals surface area contributed by atoms with E-state index in [1.807, 2.05) is 6.07 Å². The molecule has 31 heavy (non-hydrogen) atoms. The summed E-state index contributed by atoms with van der Waals surface area (Å²) in [4.78, 5) is 16.8. The van der Waals surface area contributed by atoms with E-state index < -0.39 is 17.6 Å². The molecule has 1 aromatic heterocycles. The summed E-state index contributed by atoms with van der Waals surface area (Å²) in [6.07, 6.45) is 3.93. The van der Waals surface area contributed by atoms with E-state index >= 15 is 4.39 Å². The molecule has 1 heterocycles. The smallest absolute Gasteiger partial charge is 0.323 e. The van der Waals surface area contributed by atoms with Crippen LogP contribution in [0.15, 0.2) is 42.5 Å². The van der Waals surface area contributed by atoms with Crippen molar-refractivity contribution in [2.45, 2.75) is 39.0 Å². The maximum atomic E-state index is 15.5. The molecule has 0 unspecified atom stereocenters. The molecular formula is C24H26F2N2O3. The van der Waals surface area contributed by atoms with Gasteiger partial charge in [-0.2, -0.15) is 0 Å². The normalized spacial score (nSPS) is 11.0. The first kappa shape index (κ1) is 22.5. The molecule has 0 saturated heterocycles. The number of unbranched alkanes of at least 4 members (excludes halogenated alkanes) is 3. The minimum absolute atomic E-state index is 0.0231. The van der Waals surface area contributed by atoms with E-state index in [-0.39, 0.29) is 34.6 Å². The number of halogens is 2. The van der Waals surface area contributed by atoms with Gasteiger partial charge in [-0.15, -0.1) is 0 Å². The summed E-state index contributed by atoms with van der Waals surface area (Å²) in [6, 6.07) is 11.5. The number of anilines is 1. The highest BCUT2D eigenvalue weighted by atomic mass is 19.1. The van der Waals surface area contributed by atoms with E-state index in [0.717, 1.165) is 19.3 Å². The molecular weight excluding hydrogens is 402 g/mol. The van der Waals surface area contributed by atoms with Crippen molar-refractivity contribution in [2.24, 2.45) is 0 Å². The molecule has 7 heteroatoms. The van der Waals surface area contributed by atoms with Crippen LogP contribution in [0.3, 0.4) is 0 Å². The van der Waals surface area contributed by atoms with Gasteiger partial charge in [0, 0.05) is 24.7 Å². The zero-order valence-electron chi connectivity index (χ0n) is 17.7. The predicted molar refractivity (Wildman–Crippen MR) is 117 cm³/mol. The van der Waals surface area contributed by atoms with Gasteiger partial charge >= 0.3 is 5.97 Å². The summed E-state index contributed by atoms with van der Waals surface area (Å²) in [6.45, 7) is 1.76. The van der Waals surface area contributed by atoms with Crippen LogP contribution in [-0.2, 0) is 11.2 Å². The molecule has 0 bridgehead atoms. The van der Waals surface area contributed by atoms with E-state index in [4.69, 9.17) is 9.84 Å². The van der Waals surface area contributed by atoms with Crippen LogP contribution in [-0.4, -0.2) is 29.7 Å². The standard InChI is InChI=1S/C24H26F2N2O3/c1-3-4-5-9-12-17-18(25)13-19-23(24(17)26)20(31-16-10-7-6-8-11-16)14-21(27-19)28(2)15-22(29)30/h6-8,10-11,13-14H,3-5,9,12,15H2,1-2H3,(H,29,30). The van der Waals surface area contributed by atoms with Gasteiger partial charge < -0.3 is 14.7 Å². The van der Waals surface area contributed by atoms with Crippen molar-refractivity contribution in [3.8, 4) is 11.5 Å². The number of ether oxygens (including phenoxy) is 1. The minimum Gasteiger partial charge on any atom is -0.480 e. The van der Waals surface area contributed by atoms with Crippen molar-refractivity contribution in [2.75, 3.05) is 18.5 Å². The molecule has 0 radical (unpaired) electrons. The lowest BCUT2D eigenvalue weighted by molar-refractivity contribution is -0.135. The Morgan fingerprint density at radius 2 is 1.87 bits per heavy atom. The summed E-state index contributed by atoms with van der Waals surface area (Å²) in [5, 5.41) is 9.17. The second kappa shape index (κ2) is 10.2. The van der Waals surface area contributed by atoms with Gasteiger partial charge in [0.25, 0.3) is 0 Å². The number of carboxylic acid groups (broad SMARTS) is 1. The number of benzene rings is 2. The number of fused-ring (bicyclic) bond motifs is 1. The number of likely N-dealkylation sites (N-methyl/N-ethyl adjacent to an activating group) is 1. The number of carboxylic acids is 1. The highest BCUT2D eigenvalue weighted by Gasteiger charge is 2.21. The zero-order chi connectivity index (χ0) is 22.4. The lowest BCUT2D eigenvalue weighted by Gasteiger charge is -2.19.